The maximum atomic E-state index is 12.0. The fraction of sp³-hybridized carbons (Fsp3) is 0.889. The van der Waals surface area contributed by atoms with Gasteiger partial charge in [-0.05, 0) is 77.7 Å². The molecule has 0 spiro atoms. The van der Waals surface area contributed by atoms with E-state index in [1.165, 1.54) is 32.9 Å². The first kappa shape index (κ1) is 20.0. The zero-order chi connectivity index (χ0) is 18.2. The normalized spacial score (nSPS) is 22.4. The largest absolute Gasteiger partial charge is 0.511 e. The van der Waals surface area contributed by atoms with Crippen molar-refractivity contribution in [3.05, 3.63) is 0 Å². The lowest BCUT2D eigenvalue weighted by Crippen LogP contribution is -2.42. The lowest BCUT2D eigenvalue weighted by atomic mass is 9.79. The molecule has 0 N–H and O–H groups in total. The van der Waals surface area contributed by atoms with E-state index >= 15 is 0 Å². The van der Waals surface area contributed by atoms with Gasteiger partial charge in [-0.3, -0.25) is 9.69 Å². The van der Waals surface area contributed by atoms with Crippen LogP contribution < -0.4 is 0 Å². The summed E-state index contributed by atoms with van der Waals surface area (Å²) in [4.78, 5) is 27.7. The SMILES string of the molecule is CCOC(=O)OC(C)OC(=O)CN1CCC(C2CCN(C)CC2)CC1. The number of ether oxygens (including phenoxy) is 3. The van der Waals surface area contributed by atoms with Crippen LogP contribution in [0, 0.1) is 11.8 Å². The molecule has 2 saturated heterocycles. The number of hydrogen-bond donors (Lipinski definition) is 0. The fourth-order valence-electron chi connectivity index (χ4n) is 3.80. The first-order valence-electron chi connectivity index (χ1n) is 9.41. The molecule has 0 aromatic rings. The van der Waals surface area contributed by atoms with Crippen LogP contribution in [0.1, 0.15) is 39.5 Å². The Morgan fingerprint density at radius 3 is 2.12 bits per heavy atom. The van der Waals surface area contributed by atoms with E-state index in [1.54, 1.807) is 6.92 Å². The predicted molar refractivity (Wildman–Crippen MR) is 93.0 cm³/mol. The standard InChI is InChI=1S/C18H32N2O5/c1-4-23-18(22)25-14(2)24-17(21)13-20-11-7-16(8-12-20)15-5-9-19(3)10-6-15/h14-16H,4-13H2,1-3H3. The van der Waals surface area contributed by atoms with E-state index in [4.69, 9.17) is 9.47 Å². The summed E-state index contributed by atoms with van der Waals surface area (Å²) in [5.41, 5.74) is 0. The number of hydrogen-bond acceptors (Lipinski definition) is 7. The highest BCUT2D eigenvalue weighted by Gasteiger charge is 2.29. The number of esters is 1. The molecule has 2 heterocycles. The van der Waals surface area contributed by atoms with Crippen LogP contribution in [0.4, 0.5) is 4.79 Å². The number of carbonyl (C=O) groups excluding carboxylic acids is 2. The van der Waals surface area contributed by atoms with Gasteiger partial charge in [0.05, 0.1) is 13.2 Å². The van der Waals surface area contributed by atoms with Gasteiger partial charge in [0.1, 0.15) is 0 Å². The first-order valence-corrected chi connectivity index (χ1v) is 9.41. The number of rotatable bonds is 6. The van der Waals surface area contributed by atoms with Crippen molar-refractivity contribution in [1.29, 1.82) is 0 Å². The van der Waals surface area contributed by atoms with Crippen molar-refractivity contribution >= 4 is 12.1 Å². The summed E-state index contributed by atoms with van der Waals surface area (Å²) in [5, 5.41) is 0. The molecule has 0 saturated carbocycles. The van der Waals surface area contributed by atoms with E-state index in [1.807, 2.05) is 0 Å². The molecule has 0 aromatic carbocycles. The minimum Gasteiger partial charge on any atom is -0.435 e. The zero-order valence-electron chi connectivity index (χ0n) is 15.7. The van der Waals surface area contributed by atoms with Gasteiger partial charge in [0.15, 0.2) is 0 Å². The van der Waals surface area contributed by atoms with Gasteiger partial charge < -0.3 is 19.1 Å². The highest BCUT2D eigenvalue weighted by molar-refractivity contribution is 5.72. The fourth-order valence-corrected chi connectivity index (χ4v) is 3.80. The number of piperidine rings is 2. The highest BCUT2D eigenvalue weighted by atomic mass is 16.8. The molecule has 25 heavy (non-hydrogen) atoms. The van der Waals surface area contributed by atoms with E-state index in [0.717, 1.165) is 37.8 Å². The van der Waals surface area contributed by atoms with Gasteiger partial charge in [-0.2, -0.15) is 0 Å². The van der Waals surface area contributed by atoms with Crippen LogP contribution in [0.25, 0.3) is 0 Å². The number of nitrogens with zero attached hydrogens (tertiary/aromatic N) is 2. The van der Waals surface area contributed by atoms with Gasteiger partial charge in [-0.1, -0.05) is 0 Å². The van der Waals surface area contributed by atoms with Gasteiger partial charge in [-0.15, -0.1) is 0 Å². The molecule has 2 aliphatic rings. The lowest BCUT2D eigenvalue weighted by molar-refractivity contribution is -0.169. The van der Waals surface area contributed by atoms with Crippen LogP contribution in [0.2, 0.25) is 0 Å². The van der Waals surface area contributed by atoms with E-state index in [9.17, 15) is 9.59 Å². The van der Waals surface area contributed by atoms with E-state index in [0.29, 0.717) is 0 Å². The molecule has 144 valence electrons. The molecule has 0 bridgehead atoms. The molecule has 1 atom stereocenters. The third-order valence-electron chi connectivity index (χ3n) is 5.24. The summed E-state index contributed by atoms with van der Waals surface area (Å²) in [6.07, 6.45) is 3.15. The minimum atomic E-state index is -0.927. The lowest BCUT2D eigenvalue weighted by Gasteiger charge is -2.39. The summed E-state index contributed by atoms with van der Waals surface area (Å²) >= 11 is 0. The minimum absolute atomic E-state index is 0.228. The van der Waals surface area contributed by atoms with Crippen LogP contribution in [-0.4, -0.2) is 74.6 Å². The quantitative estimate of drug-likeness (QED) is 0.533. The monoisotopic (exact) mass is 356 g/mol. The van der Waals surface area contributed by atoms with Crippen molar-refractivity contribution in [2.75, 3.05) is 46.4 Å². The molecule has 2 aliphatic heterocycles. The Hall–Kier alpha value is -1.34. The highest BCUT2D eigenvalue weighted by Crippen LogP contribution is 2.32. The first-order chi connectivity index (χ1) is 12.0. The molecule has 1 unspecified atom stereocenters. The molecule has 0 aliphatic carbocycles. The molecule has 0 amide bonds. The van der Waals surface area contributed by atoms with Crippen molar-refractivity contribution < 1.29 is 23.8 Å². The Bertz CT molecular complexity index is 429. The number of carbonyl (C=O) groups is 2. The molecule has 7 nitrogen and oxygen atoms in total. The summed E-state index contributed by atoms with van der Waals surface area (Å²) in [6.45, 7) is 7.94. The summed E-state index contributed by atoms with van der Waals surface area (Å²) in [5.74, 6) is 1.25. The van der Waals surface area contributed by atoms with Crippen molar-refractivity contribution in [1.82, 2.24) is 9.80 Å². The Labute approximate surface area is 150 Å². The second-order valence-corrected chi connectivity index (χ2v) is 7.11. The predicted octanol–water partition coefficient (Wildman–Crippen LogP) is 2.10. The molecule has 2 fully saturated rings. The Kier molecular flexibility index (Phi) is 7.96. The van der Waals surface area contributed by atoms with E-state index in [-0.39, 0.29) is 19.1 Å². The molecular formula is C18H32N2O5. The Balaban J connectivity index is 1.64. The number of likely N-dealkylation sites (tertiary alicyclic amines) is 2. The van der Waals surface area contributed by atoms with Gasteiger partial charge in [0.2, 0.25) is 6.29 Å². The summed E-state index contributed by atoms with van der Waals surface area (Å²) in [6, 6.07) is 0. The molecule has 0 radical (unpaired) electrons. The van der Waals surface area contributed by atoms with E-state index in [2.05, 4.69) is 21.6 Å². The van der Waals surface area contributed by atoms with Crippen molar-refractivity contribution in [3.63, 3.8) is 0 Å². The van der Waals surface area contributed by atoms with Crippen LogP contribution in [0.3, 0.4) is 0 Å². The van der Waals surface area contributed by atoms with Crippen LogP contribution in [0.5, 0.6) is 0 Å². The van der Waals surface area contributed by atoms with E-state index < -0.39 is 12.4 Å². The van der Waals surface area contributed by atoms with Crippen molar-refractivity contribution in [2.24, 2.45) is 11.8 Å². The maximum Gasteiger partial charge on any atom is 0.511 e. The topological polar surface area (TPSA) is 68.3 Å². The summed E-state index contributed by atoms with van der Waals surface area (Å²) in [7, 11) is 2.19. The molecule has 2 rings (SSSR count). The third-order valence-corrected chi connectivity index (χ3v) is 5.24. The smallest absolute Gasteiger partial charge is 0.435 e. The Morgan fingerprint density at radius 2 is 1.56 bits per heavy atom. The maximum absolute atomic E-state index is 12.0. The van der Waals surface area contributed by atoms with Crippen molar-refractivity contribution in [3.8, 4) is 0 Å². The molecular weight excluding hydrogens is 324 g/mol. The average molecular weight is 356 g/mol. The van der Waals surface area contributed by atoms with Crippen molar-refractivity contribution in [2.45, 2.75) is 45.8 Å². The second-order valence-electron chi connectivity index (χ2n) is 7.11. The van der Waals surface area contributed by atoms with Crippen LogP contribution >= 0.6 is 0 Å². The molecule has 7 heteroatoms. The van der Waals surface area contributed by atoms with Gasteiger partial charge in [0, 0.05) is 6.92 Å². The van der Waals surface area contributed by atoms with Crippen LogP contribution in [0.15, 0.2) is 0 Å². The Morgan fingerprint density at radius 1 is 1.00 bits per heavy atom. The average Bonchev–Trinajstić information content (AvgIpc) is 2.56. The van der Waals surface area contributed by atoms with Gasteiger partial charge >= 0.3 is 12.1 Å². The van der Waals surface area contributed by atoms with Crippen LogP contribution in [-0.2, 0) is 19.0 Å². The van der Waals surface area contributed by atoms with Gasteiger partial charge in [-0.25, -0.2) is 4.79 Å². The van der Waals surface area contributed by atoms with Gasteiger partial charge in [0.25, 0.3) is 0 Å². The molecule has 0 aromatic heterocycles. The third kappa shape index (κ3) is 6.82. The zero-order valence-corrected chi connectivity index (χ0v) is 15.7. The second kappa shape index (κ2) is 9.97. The summed E-state index contributed by atoms with van der Waals surface area (Å²) < 4.78 is 14.6.